The van der Waals surface area contributed by atoms with Crippen molar-refractivity contribution in [3.8, 4) is 22.3 Å². The van der Waals surface area contributed by atoms with Crippen LogP contribution in [0, 0.1) is 0 Å². The highest BCUT2D eigenvalue weighted by Gasteiger charge is 2.18. The number of furan rings is 1. The first-order valence-corrected chi connectivity index (χ1v) is 23.0. The molecule has 0 amide bonds. The summed E-state index contributed by atoms with van der Waals surface area (Å²) in [6, 6.07) is 82.2. The van der Waals surface area contributed by atoms with Crippen LogP contribution in [-0.2, 0) is 0 Å². The SMILES string of the molecule is c1ccc2cc(N(c3ccc(-c4ccc5c(c4)oc4c6ccccc6c6ccccc6c54)cc3)c3ccc4cc(-c5ccc6sc7ccc8ccccc8c7c6c5)ccc4c3)ccc2c1. The van der Waals surface area contributed by atoms with Crippen LogP contribution in [-0.4, -0.2) is 0 Å². The normalized spacial score (nSPS) is 12.0. The molecule has 0 aliphatic carbocycles. The summed E-state index contributed by atoms with van der Waals surface area (Å²) in [6.45, 7) is 0. The van der Waals surface area contributed by atoms with Crippen LogP contribution in [0.4, 0.5) is 17.1 Å². The van der Waals surface area contributed by atoms with Gasteiger partial charge in [-0.05, 0) is 144 Å². The van der Waals surface area contributed by atoms with Crippen molar-refractivity contribution in [3.05, 3.63) is 224 Å². The van der Waals surface area contributed by atoms with Gasteiger partial charge in [-0.3, -0.25) is 0 Å². The third-order valence-corrected chi connectivity index (χ3v) is 14.7. The summed E-state index contributed by atoms with van der Waals surface area (Å²) >= 11 is 1.88. The van der Waals surface area contributed by atoms with E-state index in [1.54, 1.807) is 0 Å². The maximum atomic E-state index is 6.75. The Bertz CT molecular complexity index is 4250. The van der Waals surface area contributed by atoms with Crippen LogP contribution in [0.3, 0.4) is 0 Å². The Morgan fingerprint density at radius 2 is 0.815 bits per heavy atom. The van der Waals surface area contributed by atoms with Crippen molar-refractivity contribution in [1.82, 2.24) is 0 Å². The zero-order valence-electron chi connectivity index (χ0n) is 35.1. The third-order valence-electron chi connectivity index (χ3n) is 13.6. The lowest BCUT2D eigenvalue weighted by Crippen LogP contribution is -2.09. The van der Waals surface area contributed by atoms with Crippen molar-refractivity contribution in [3.63, 3.8) is 0 Å². The van der Waals surface area contributed by atoms with E-state index in [2.05, 4.69) is 229 Å². The minimum atomic E-state index is 0.898. The van der Waals surface area contributed by atoms with Crippen LogP contribution >= 0.6 is 11.3 Å². The first kappa shape index (κ1) is 36.3. The summed E-state index contributed by atoms with van der Waals surface area (Å²) < 4.78 is 9.41. The fourth-order valence-electron chi connectivity index (χ4n) is 10.4. The van der Waals surface area contributed by atoms with E-state index < -0.39 is 0 Å². The number of nitrogens with zero attached hydrogens (tertiary/aromatic N) is 1. The number of hydrogen-bond donors (Lipinski definition) is 0. The Labute approximate surface area is 378 Å². The van der Waals surface area contributed by atoms with Crippen molar-refractivity contribution in [2.45, 2.75) is 0 Å². The van der Waals surface area contributed by atoms with E-state index in [0.717, 1.165) is 50.1 Å². The van der Waals surface area contributed by atoms with Crippen LogP contribution in [0.2, 0.25) is 0 Å². The average molecular weight is 844 g/mol. The number of thiophene rings is 1. The summed E-state index contributed by atoms with van der Waals surface area (Å²) in [7, 11) is 0. The van der Waals surface area contributed by atoms with Gasteiger partial charge in [0, 0.05) is 53.4 Å². The van der Waals surface area contributed by atoms with Gasteiger partial charge < -0.3 is 9.32 Å². The molecule has 302 valence electrons. The monoisotopic (exact) mass is 843 g/mol. The van der Waals surface area contributed by atoms with Gasteiger partial charge in [0.1, 0.15) is 11.2 Å². The number of anilines is 3. The molecule has 14 aromatic rings. The lowest BCUT2D eigenvalue weighted by Gasteiger charge is -2.26. The molecule has 3 heteroatoms. The molecular formula is C62H37NOS. The van der Waals surface area contributed by atoms with Gasteiger partial charge >= 0.3 is 0 Å². The molecule has 2 nitrogen and oxygen atoms in total. The quantitative estimate of drug-likeness (QED) is 0.161. The number of rotatable bonds is 5. The molecule has 0 N–H and O–H groups in total. The third kappa shape index (κ3) is 5.73. The van der Waals surface area contributed by atoms with Crippen LogP contribution in [0.5, 0.6) is 0 Å². The summed E-state index contributed by atoms with van der Waals surface area (Å²) in [4.78, 5) is 2.38. The van der Waals surface area contributed by atoms with Crippen LogP contribution < -0.4 is 4.90 Å². The molecule has 0 atom stereocenters. The van der Waals surface area contributed by atoms with Crippen LogP contribution in [0.25, 0.3) is 118 Å². The fraction of sp³-hybridized carbons (Fsp3) is 0. The molecule has 12 aromatic carbocycles. The minimum absolute atomic E-state index is 0.898. The van der Waals surface area contributed by atoms with E-state index in [1.165, 1.54) is 85.2 Å². The minimum Gasteiger partial charge on any atom is -0.455 e. The van der Waals surface area contributed by atoms with Gasteiger partial charge in [-0.15, -0.1) is 11.3 Å². The molecule has 0 bridgehead atoms. The summed E-state index contributed by atoms with van der Waals surface area (Å²) in [5.41, 5.74) is 9.86. The van der Waals surface area contributed by atoms with Gasteiger partial charge in [-0.2, -0.15) is 0 Å². The Balaban J connectivity index is 0.849. The molecule has 2 aromatic heterocycles. The van der Waals surface area contributed by atoms with E-state index in [9.17, 15) is 0 Å². The molecule has 0 saturated heterocycles. The van der Waals surface area contributed by atoms with Crippen molar-refractivity contribution in [2.75, 3.05) is 4.90 Å². The Hall–Kier alpha value is -8.24. The summed E-state index contributed by atoms with van der Waals surface area (Å²) in [6.07, 6.45) is 0. The number of hydrogen-bond acceptors (Lipinski definition) is 3. The van der Waals surface area contributed by atoms with Crippen molar-refractivity contribution in [1.29, 1.82) is 0 Å². The fourth-order valence-corrected chi connectivity index (χ4v) is 11.5. The predicted molar refractivity (Wildman–Crippen MR) is 280 cm³/mol. The molecule has 0 aliphatic heterocycles. The molecule has 0 spiro atoms. The second-order valence-electron chi connectivity index (χ2n) is 17.2. The van der Waals surface area contributed by atoms with E-state index in [-0.39, 0.29) is 0 Å². The molecule has 0 aliphatic rings. The molecule has 0 fully saturated rings. The second kappa shape index (κ2) is 14.1. The summed E-state index contributed by atoms with van der Waals surface area (Å²) in [5.74, 6) is 0. The van der Waals surface area contributed by atoms with Crippen molar-refractivity contribution in [2.24, 2.45) is 0 Å². The highest BCUT2D eigenvalue weighted by molar-refractivity contribution is 7.26. The molecule has 2 heterocycles. The van der Waals surface area contributed by atoms with Crippen molar-refractivity contribution >= 4 is 124 Å². The Morgan fingerprint density at radius 1 is 0.292 bits per heavy atom. The topological polar surface area (TPSA) is 16.4 Å². The molecule has 14 rings (SSSR count). The van der Waals surface area contributed by atoms with E-state index in [4.69, 9.17) is 4.42 Å². The van der Waals surface area contributed by atoms with E-state index in [1.807, 2.05) is 11.3 Å². The van der Waals surface area contributed by atoms with Crippen LogP contribution in [0.15, 0.2) is 229 Å². The van der Waals surface area contributed by atoms with E-state index in [0.29, 0.717) is 0 Å². The summed E-state index contributed by atoms with van der Waals surface area (Å²) in [5, 5.41) is 17.3. The van der Waals surface area contributed by atoms with Crippen molar-refractivity contribution < 1.29 is 4.42 Å². The molecule has 0 radical (unpaired) electrons. The molecular weight excluding hydrogens is 807 g/mol. The van der Waals surface area contributed by atoms with Gasteiger partial charge in [-0.25, -0.2) is 0 Å². The molecule has 0 saturated carbocycles. The second-order valence-corrected chi connectivity index (χ2v) is 18.3. The smallest absolute Gasteiger partial charge is 0.143 e. The first-order valence-electron chi connectivity index (χ1n) is 22.2. The standard InChI is InChI=1S/C62H37NOS/c1-2-11-41-34-48(28-21-38(41)9-1)63(47-26-19-39(20-27-47)46-23-30-55-57(37-46)64-62-54-16-8-6-14-52(54)51-13-5-7-15-53(51)61(55)62)49-29-22-43-33-42(17-18-44(43)35-49)45-25-31-58-56(36-45)60-50-12-4-3-10-40(50)24-32-59(60)65-58/h1-37H. The molecule has 65 heavy (non-hydrogen) atoms. The van der Waals surface area contributed by atoms with Gasteiger partial charge in [0.2, 0.25) is 0 Å². The molecule has 0 unspecified atom stereocenters. The van der Waals surface area contributed by atoms with Gasteiger partial charge in [0.25, 0.3) is 0 Å². The number of fused-ring (bicyclic) bond motifs is 15. The Kier molecular flexibility index (Phi) is 7.89. The highest BCUT2D eigenvalue weighted by atomic mass is 32.1. The number of benzene rings is 12. The first-order chi connectivity index (χ1) is 32.2. The Morgan fingerprint density at radius 3 is 1.63 bits per heavy atom. The van der Waals surface area contributed by atoms with Gasteiger partial charge in [0.15, 0.2) is 0 Å². The predicted octanol–water partition coefficient (Wildman–Crippen LogP) is 18.5. The van der Waals surface area contributed by atoms with E-state index >= 15 is 0 Å². The lowest BCUT2D eigenvalue weighted by atomic mass is 9.96. The van der Waals surface area contributed by atoms with Gasteiger partial charge in [0.05, 0.1) is 0 Å². The largest absolute Gasteiger partial charge is 0.455 e. The maximum absolute atomic E-state index is 6.75. The zero-order valence-corrected chi connectivity index (χ0v) is 35.9. The maximum Gasteiger partial charge on any atom is 0.143 e. The zero-order chi connectivity index (χ0) is 42.6. The average Bonchev–Trinajstić information content (AvgIpc) is 3.95. The lowest BCUT2D eigenvalue weighted by molar-refractivity contribution is 0.673. The van der Waals surface area contributed by atoms with Gasteiger partial charge in [-0.1, -0.05) is 152 Å². The van der Waals surface area contributed by atoms with Crippen LogP contribution in [0.1, 0.15) is 0 Å². The highest BCUT2D eigenvalue weighted by Crippen LogP contribution is 2.44.